The molecule has 1 saturated heterocycles. The highest BCUT2D eigenvalue weighted by molar-refractivity contribution is 5.78. The van der Waals surface area contributed by atoms with Crippen LogP contribution in [0.3, 0.4) is 0 Å². The van der Waals surface area contributed by atoms with Gasteiger partial charge in [0.05, 0.1) is 19.8 Å². The number of hydrogen-bond donors (Lipinski definition) is 2. The summed E-state index contributed by atoms with van der Waals surface area (Å²) in [5.41, 5.74) is 1.18. The molecule has 2 N–H and O–H groups in total. The topological polar surface area (TPSA) is 65.0 Å². The van der Waals surface area contributed by atoms with Crippen molar-refractivity contribution in [2.75, 3.05) is 52.9 Å². The van der Waals surface area contributed by atoms with Crippen molar-refractivity contribution in [3.8, 4) is 5.75 Å². The molecule has 1 aliphatic rings. The summed E-state index contributed by atoms with van der Waals surface area (Å²) in [6.45, 7) is 7.17. The molecule has 0 aromatic heterocycles. The van der Waals surface area contributed by atoms with Gasteiger partial charge in [-0.2, -0.15) is 0 Å². The van der Waals surface area contributed by atoms with E-state index in [0.29, 0.717) is 19.6 Å². The zero-order valence-electron chi connectivity index (χ0n) is 14.7. The van der Waals surface area contributed by atoms with Crippen LogP contribution in [0.4, 0.5) is 0 Å². The molecule has 1 unspecified atom stereocenters. The molecule has 0 radical (unpaired) electrons. The lowest BCUT2D eigenvalue weighted by molar-refractivity contribution is -0.122. The van der Waals surface area contributed by atoms with Crippen molar-refractivity contribution in [1.82, 2.24) is 15.1 Å². The maximum Gasteiger partial charge on any atom is 0.234 e. The first-order chi connectivity index (χ1) is 11.6. The predicted octanol–water partition coefficient (Wildman–Crippen LogP) is 0.352. The molecule has 0 spiro atoms. The number of carbonyl (C=O) groups excluding carboxylic acids is 1. The molecule has 134 valence electrons. The molecular weight excluding hydrogens is 306 g/mol. The average Bonchev–Trinajstić information content (AvgIpc) is 2.57. The average molecular weight is 335 g/mol. The van der Waals surface area contributed by atoms with E-state index in [1.54, 1.807) is 7.11 Å². The van der Waals surface area contributed by atoms with Crippen LogP contribution in [-0.2, 0) is 11.2 Å². The van der Waals surface area contributed by atoms with Gasteiger partial charge in [-0.25, -0.2) is 0 Å². The minimum atomic E-state index is -0.294. The molecule has 1 fully saturated rings. The summed E-state index contributed by atoms with van der Waals surface area (Å²) in [6.07, 6.45) is 0.524. The largest absolute Gasteiger partial charge is 0.497 e. The van der Waals surface area contributed by atoms with Gasteiger partial charge in [-0.15, -0.1) is 0 Å². The number of rotatable bonds is 8. The third kappa shape index (κ3) is 6.47. The number of amides is 1. The van der Waals surface area contributed by atoms with Gasteiger partial charge in [-0.1, -0.05) is 12.1 Å². The number of methoxy groups -OCH3 is 1. The van der Waals surface area contributed by atoms with Crippen LogP contribution in [-0.4, -0.2) is 79.8 Å². The fraction of sp³-hybridized carbons (Fsp3) is 0.611. The van der Waals surface area contributed by atoms with Crippen LogP contribution in [0.2, 0.25) is 0 Å². The number of ether oxygens (including phenoxy) is 1. The Morgan fingerprint density at radius 2 is 1.83 bits per heavy atom. The highest BCUT2D eigenvalue weighted by Gasteiger charge is 2.19. The Morgan fingerprint density at radius 3 is 2.42 bits per heavy atom. The lowest BCUT2D eigenvalue weighted by Crippen LogP contribution is -2.50. The molecule has 2 rings (SSSR count). The summed E-state index contributed by atoms with van der Waals surface area (Å²) in [6, 6.07) is 7.91. The molecule has 24 heavy (non-hydrogen) atoms. The molecule has 0 saturated carbocycles. The fourth-order valence-corrected chi connectivity index (χ4v) is 2.90. The fourth-order valence-electron chi connectivity index (χ4n) is 2.90. The van der Waals surface area contributed by atoms with E-state index in [0.717, 1.165) is 38.3 Å². The van der Waals surface area contributed by atoms with Gasteiger partial charge in [0.25, 0.3) is 0 Å². The van der Waals surface area contributed by atoms with Gasteiger partial charge in [0, 0.05) is 39.3 Å². The lowest BCUT2D eigenvalue weighted by Gasteiger charge is -2.34. The first-order valence-electron chi connectivity index (χ1n) is 8.59. The van der Waals surface area contributed by atoms with E-state index in [1.807, 2.05) is 31.2 Å². The molecule has 1 aromatic rings. The molecule has 1 atom stereocenters. The number of carbonyl (C=O) groups is 1. The van der Waals surface area contributed by atoms with E-state index >= 15 is 0 Å². The van der Waals surface area contributed by atoms with Crippen LogP contribution in [0.5, 0.6) is 5.75 Å². The molecule has 1 amide bonds. The zero-order chi connectivity index (χ0) is 17.4. The second-order valence-electron chi connectivity index (χ2n) is 6.37. The van der Waals surface area contributed by atoms with Crippen LogP contribution in [0.15, 0.2) is 24.3 Å². The molecular formula is C18H29N3O3. The Bertz CT molecular complexity index is 497. The quantitative estimate of drug-likeness (QED) is 0.718. The predicted molar refractivity (Wildman–Crippen MR) is 94.3 cm³/mol. The highest BCUT2D eigenvalue weighted by atomic mass is 16.5. The molecule has 6 heteroatoms. The van der Waals surface area contributed by atoms with E-state index in [1.165, 1.54) is 5.56 Å². The Hall–Kier alpha value is -1.63. The van der Waals surface area contributed by atoms with E-state index < -0.39 is 0 Å². The normalized spacial score (nSPS) is 17.5. The summed E-state index contributed by atoms with van der Waals surface area (Å²) >= 11 is 0. The Morgan fingerprint density at radius 1 is 1.21 bits per heavy atom. The maximum atomic E-state index is 12.0. The number of hydrogen-bond acceptors (Lipinski definition) is 5. The first kappa shape index (κ1) is 18.7. The Labute approximate surface area is 144 Å². The molecule has 0 aliphatic carbocycles. The second-order valence-corrected chi connectivity index (χ2v) is 6.37. The van der Waals surface area contributed by atoms with Crippen molar-refractivity contribution in [3.05, 3.63) is 29.8 Å². The highest BCUT2D eigenvalue weighted by Crippen LogP contribution is 2.11. The van der Waals surface area contributed by atoms with Crippen LogP contribution in [0.25, 0.3) is 0 Å². The number of β-amino-alcohol motifs (C(OH)–C–C–N with tert-alkyl or cyclic N) is 1. The summed E-state index contributed by atoms with van der Waals surface area (Å²) in [5.74, 6) is 0.921. The van der Waals surface area contributed by atoms with E-state index in [4.69, 9.17) is 4.74 Å². The van der Waals surface area contributed by atoms with Crippen molar-refractivity contribution in [1.29, 1.82) is 0 Å². The zero-order valence-corrected chi connectivity index (χ0v) is 14.7. The number of benzene rings is 1. The summed E-state index contributed by atoms with van der Waals surface area (Å²) in [4.78, 5) is 16.4. The maximum absolute atomic E-state index is 12.0. The lowest BCUT2D eigenvalue weighted by atomic mass is 10.1. The number of nitrogens with zero attached hydrogens (tertiary/aromatic N) is 2. The monoisotopic (exact) mass is 335 g/mol. The Kier molecular flexibility index (Phi) is 7.49. The number of piperazine rings is 1. The molecule has 6 nitrogen and oxygen atoms in total. The van der Waals surface area contributed by atoms with Gasteiger partial charge in [0.15, 0.2) is 0 Å². The minimum Gasteiger partial charge on any atom is -0.497 e. The number of aliphatic hydroxyl groups excluding tert-OH is 1. The minimum absolute atomic E-state index is 0.0764. The van der Waals surface area contributed by atoms with Crippen molar-refractivity contribution in [2.24, 2.45) is 0 Å². The van der Waals surface area contributed by atoms with Crippen LogP contribution >= 0.6 is 0 Å². The molecule has 0 bridgehead atoms. The first-order valence-corrected chi connectivity index (χ1v) is 8.59. The second kappa shape index (κ2) is 9.61. The van der Waals surface area contributed by atoms with Crippen molar-refractivity contribution < 1.29 is 14.6 Å². The molecule has 1 aliphatic heterocycles. The van der Waals surface area contributed by atoms with Crippen molar-refractivity contribution >= 4 is 5.91 Å². The van der Waals surface area contributed by atoms with Crippen molar-refractivity contribution in [2.45, 2.75) is 19.4 Å². The van der Waals surface area contributed by atoms with Gasteiger partial charge in [-0.3, -0.25) is 14.6 Å². The van der Waals surface area contributed by atoms with E-state index in [9.17, 15) is 9.90 Å². The number of aliphatic hydroxyl groups is 1. The standard InChI is InChI=1S/C18H29N3O3/c1-15(22)13-20-9-11-21(12-10-20)14-18(23)19-8-7-16-3-5-17(24-2)6-4-16/h3-6,15,22H,7-14H2,1-2H3,(H,19,23). The smallest absolute Gasteiger partial charge is 0.234 e. The van der Waals surface area contributed by atoms with Gasteiger partial charge < -0.3 is 15.2 Å². The van der Waals surface area contributed by atoms with Gasteiger partial charge >= 0.3 is 0 Å². The van der Waals surface area contributed by atoms with E-state index in [-0.39, 0.29) is 12.0 Å². The van der Waals surface area contributed by atoms with Crippen LogP contribution in [0, 0.1) is 0 Å². The van der Waals surface area contributed by atoms with Crippen molar-refractivity contribution in [3.63, 3.8) is 0 Å². The van der Waals surface area contributed by atoms with E-state index in [2.05, 4.69) is 15.1 Å². The molecule has 1 aromatic carbocycles. The summed E-state index contributed by atoms with van der Waals surface area (Å²) < 4.78 is 5.13. The third-order valence-corrected chi connectivity index (χ3v) is 4.25. The number of nitrogens with one attached hydrogen (secondary N) is 1. The molecule has 1 heterocycles. The summed E-state index contributed by atoms with van der Waals surface area (Å²) in [5, 5.41) is 12.4. The van der Waals surface area contributed by atoms with Crippen LogP contribution < -0.4 is 10.1 Å². The van der Waals surface area contributed by atoms with Crippen LogP contribution in [0.1, 0.15) is 12.5 Å². The SMILES string of the molecule is COc1ccc(CCNC(=O)CN2CCN(CC(C)O)CC2)cc1. The third-order valence-electron chi connectivity index (χ3n) is 4.25. The summed E-state index contributed by atoms with van der Waals surface area (Å²) in [7, 11) is 1.65. The van der Waals surface area contributed by atoms with Gasteiger partial charge in [-0.05, 0) is 31.0 Å². The van der Waals surface area contributed by atoms with Gasteiger partial charge in [0.1, 0.15) is 5.75 Å². The Balaban J connectivity index is 1.61. The van der Waals surface area contributed by atoms with Gasteiger partial charge in [0.2, 0.25) is 5.91 Å².